The maximum absolute atomic E-state index is 12.8. The van der Waals surface area contributed by atoms with Gasteiger partial charge in [-0.15, -0.1) is 0 Å². The van der Waals surface area contributed by atoms with Crippen molar-refractivity contribution in [2.45, 2.75) is 6.54 Å². The van der Waals surface area contributed by atoms with Crippen LogP contribution in [0.2, 0.25) is 0 Å². The van der Waals surface area contributed by atoms with E-state index in [0.717, 1.165) is 49.6 Å². The summed E-state index contributed by atoms with van der Waals surface area (Å²) in [6.45, 7) is 4.33. The lowest BCUT2D eigenvalue weighted by Crippen LogP contribution is -2.51. The first-order chi connectivity index (χ1) is 15.6. The van der Waals surface area contributed by atoms with Gasteiger partial charge in [-0.25, -0.2) is 0 Å². The van der Waals surface area contributed by atoms with Gasteiger partial charge in [0.05, 0.1) is 20.8 Å². The molecule has 0 bridgehead atoms. The molecule has 4 rings (SSSR count). The van der Waals surface area contributed by atoms with Crippen LogP contribution < -0.4 is 14.4 Å². The third kappa shape index (κ3) is 5.14. The fourth-order valence-corrected chi connectivity index (χ4v) is 4.20. The Balaban J connectivity index is 1.28. The predicted octanol–water partition coefficient (Wildman–Crippen LogP) is 3.64. The minimum Gasteiger partial charge on any atom is -0.497 e. The molecule has 1 heterocycles. The maximum atomic E-state index is 12.8. The Kier molecular flexibility index (Phi) is 6.81. The van der Waals surface area contributed by atoms with Gasteiger partial charge in [-0.05, 0) is 65.8 Å². The highest BCUT2D eigenvalue weighted by Gasteiger charge is 2.22. The first kappa shape index (κ1) is 22.0. The molecule has 32 heavy (non-hydrogen) atoms. The predicted molar refractivity (Wildman–Crippen MR) is 129 cm³/mol. The SMILES string of the molecule is COc1ccc(N2CCN(C(=O)CN(C)Cc3ccc4cc(OC)ccc4c3)CC2)cc1. The van der Waals surface area contributed by atoms with Crippen molar-refractivity contribution in [3.05, 3.63) is 66.2 Å². The Morgan fingerprint density at radius 2 is 1.47 bits per heavy atom. The number of hydrogen-bond donors (Lipinski definition) is 0. The number of anilines is 1. The quantitative estimate of drug-likeness (QED) is 0.569. The summed E-state index contributed by atoms with van der Waals surface area (Å²) in [5, 5.41) is 2.33. The van der Waals surface area contributed by atoms with E-state index in [0.29, 0.717) is 6.54 Å². The molecule has 1 amide bonds. The number of fused-ring (bicyclic) bond motifs is 1. The number of amides is 1. The van der Waals surface area contributed by atoms with Gasteiger partial charge in [0, 0.05) is 38.4 Å². The molecule has 6 nitrogen and oxygen atoms in total. The minimum atomic E-state index is 0.187. The molecular weight excluding hydrogens is 402 g/mol. The number of ether oxygens (including phenoxy) is 2. The zero-order chi connectivity index (χ0) is 22.5. The molecule has 1 aliphatic heterocycles. The van der Waals surface area contributed by atoms with E-state index in [9.17, 15) is 4.79 Å². The molecule has 0 saturated carbocycles. The third-order valence-corrected chi connectivity index (χ3v) is 6.04. The molecule has 0 spiro atoms. The van der Waals surface area contributed by atoms with Crippen molar-refractivity contribution in [1.82, 2.24) is 9.80 Å². The van der Waals surface area contributed by atoms with E-state index in [1.165, 1.54) is 16.6 Å². The monoisotopic (exact) mass is 433 g/mol. The topological polar surface area (TPSA) is 45.2 Å². The molecule has 0 aromatic heterocycles. The second kappa shape index (κ2) is 9.92. The van der Waals surface area contributed by atoms with Crippen molar-refractivity contribution < 1.29 is 14.3 Å². The van der Waals surface area contributed by atoms with Crippen molar-refractivity contribution in [3.63, 3.8) is 0 Å². The van der Waals surface area contributed by atoms with Crippen LogP contribution in [0.15, 0.2) is 60.7 Å². The highest BCUT2D eigenvalue weighted by Crippen LogP contribution is 2.23. The smallest absolute Gasteiger partial charge is 0.236 e. The standard InChI is InChI=1S/C26H31N3O3/c1-27(18-20-4-5-22-17-25(32-3)9-6-21(22)16-20)19-26(30)29-14-12-28(13-15-29)23-7-10-24(31-2)11-8-23/h4-11,16-17H,12-15,18-19H2,1-3H3. The number of nitrogens with zero attached hydrogens (tertiary/aromatic N) is 3. The Labute approximate surface area is 189 Å². The van der Waals surface area contributed by atoms with Gasteiger partial charge in [-0.3, -0.25) is 9.69 Å². The zero-order valence-electron chi connectivity index (χ0n) is 19.1. The van der Waals surface area contributed by atoms with Crippen molar-refractivity contribution >= 4 is 22.4 Å². The van der Waals surface area contributed by atoms with Crippen LogP contribution in [0.5, 0.6) is 11.5 Å². The summed E-state index contributed by atoms with van der Waals surface area (Å²) in [5.74, 6) is 1.91. The highest BCUT2D eigenvalue weighted by molar-refractivity contribution is 5.84. The van der Waals surface area contributed by atoms with Gasteiger partial charge in [-0.2, -0.15) is 0 Å². The van der Waals surface area contributed by atoms with E-state index in [1.807, 2.05) is 36.2 Å². The van der Waals surface area contributed by atoms with Gasteiger partial charge < -0.3 is 19.3 Å². The van der Waals surface area contributed by atoms with Gasteiger partial charge in [0.15, 0.2) is 0 Å². The van der Waals surface area contributed by atoms with Gasteiger partial charge >= 0.3 is 0 Å². The molecule has 1 aliphatic rings. The van der Waals surface area contributed by atoms with E-state index >= 15 is 0 Å². The average molecular weight is 434 g/mol. The van der Waals surface area contributed by atoms with Crippen LogP contribution in [0.1, 0.15) is 5.56 Å². The highest BCUT2D eigenvalue weighted by atomic mass is 16.5. The Morgan fingerprint density at radius 3 is 2.16 bits per heavy atom. The van der Waals surface area contributed by atoms with Crippen molar-refractivity contribution in [2.75, 3.05) is 58.9 Å². The van der Waals surface area contributed by atoms with E-state index in [4.69, 9.17) is 9.47 Å². The Bertz CT molecular complexity index is 1060. The zero-order valence-corrected chi connectivity index (χ0v) is 19.1. The second-order valence-corrected chi connectivity index (χ2v) is 8.29. The van der Waals surface area contributed by atoms with E-state index in [1.54, 1.807) is 14.2 Å². The van der Waals surface area contributed by atoms with E-state index in [2.05, 4.69) is 46.2 Å². The van der Waals surface area contributed by atoms with Crippen LogP contribution in [-0.2, 0) is 11.3 Å². The first-order valence-electron chi connectivity index (χ1n) is 11.0. The van der Waals surface area contributed by atoms with Crippen LogP contribution in [0.3, 0.4) is 0 Å². The Hall–Kier alpha value is -3.25. The molecule has 0 radical (unpaired) electrons. The largest absolute Gasteiger partial charge is 0.497 e. The van der Waals surface area contributed by atoms with Crippen molar-refractivity contribution in [3.8, 4) is 11.5 Å². The number of benzene rings is 3. The molecule has 0 unspecified atom stereocenters. The lowest BCUT2D eigenvalue weighted by Gasteiger charge is -2.36. The molecule has 0 N–H and O–H groups in total. The molecule has 1 fully saturated rings. The minimum absolute atomic E-state index is 0.187. The number of piperazine rings is 1. The molecule has 168 valence electrons. The lowest BCUT2D eigenvalue weighted by molar-refractivity contribution is -0.132. The number of likely N-dealkylation sites (N-methyl/N-ethyl adjacent to an activating group) is 1. The van der Waals surface area contributed by atoms with Gasteiger partial charge in [0.25, 0.3) is 0 Å². The van der Waals surface area contributed by atoms with Crippen LogP contribution in [0.4, 0.5) is 5.69 Å². The number of rotatable bonds is 7. The summed E-state index contributed by atoms with van der Waals surface area (Å²) in [4.78, 5) is 19.2. The summed E-state index contributed by atoms with van der Waals surface area (Å²) in [6, 6.07) is 20.6. The summed E-state index contributed by atoms with van der Waals surface area (Å²) in [5.41, 5.74) is 2.37. The molecule has 1 saturated heterocycles. The summed E-state index contributed by atoms with van der Waals surface area (Å²) in [7, 11) is 5.36. The summed E-state index contributed by atoms with van der Waals surface area (Å²) >= 11 is 0. The molecule has 3 aromatic carbocycles. The molecular formula is C26H31N3O3. The van der Waals surface area contributed by atoms with Crippen LogP contribution in [-0.4, -0.2) is 69.7 Å². The van der Waals surface area contributed by atoms with Crippen LogP contribution >= 0.6 is 0 Å². The van der Waals surface area contributed by atoms with Crippen LogP contribution in [0.25, 0.3) is 10.8 Å². The fraction of sp³-hybridized carbons (Fsp3) is 0.346. The number of hydrogen-bond acceptors (Lipinski definition) is 5. The second-order valence-electron chi connectivity index (χ2n) is 8.29. The van der Waals surface area contributed by atoms with E-state index in [-0.39, 0.29) is 5.91 Å². The summed E-state index contributed by atoms with van der Waals surface area (Å²) in [6.07, 6.45) is 0. The number of carbonyl (C=O) groups is 1. The Morgan fingerprint density at radius 1 is 0.844 bits per heavy atom. The maximum Gasteiger partial charge on any atom is 0.236 e. The number of carbonyl (C=O) groups excluding carboxylic acids is 1. The van der Waals surface area contributed by atoms with Crippen LogP contribution in [0, 0.1) is 0 Å². The summed E-state index contributed by atoms with van der Waals surface area (Å²) < 4.78 is 10.5. The lowest BCUT2D eigenvalue weighted by atomic mass is 10.1. The molecule has 0 aliphatic carbocycles. The third-order valence-electron chi connectivity index (χ3n) is 6.04. The van der Waals surface area contributed by atoms with E-state index < -0.39 is 0 Å². The van der Waals surface area contributed by atoms with Gasteiger partial charge in [-0.1, -0.05) is 18.2 Å². The molecule has 3 aromatic rings. The average Bonchev–Trinajstić information content (AvgIpc) is 2.83. The normalized spacial score (nSPS) is 14.1. The van der Waals surface area contributed by atoms with Crippen molar-refractivity contribution in [1.29, 1.82) is 0 Å². The number of methoxy groups -OCH3 is 2. The van der Waals surface area contributed by atoms with Crippen molar-refractivity contribution in [2.24, 2.45) is 0 Å². The molecule has 6 heteroatoms. The van der Waals surface area contributed by atoms with Gasteiger partial charge in [0.1, 0.15) is 11.5 Å². The molecule has 0 atom stereocenters. The fourth-order valence-electron chi connectivity index (χ4n) is 4.20. The first-order valence-corrected chi connectivity index (χ1v) is 11.0. The van der Waals surface area contributed by atoms with Gasteiger partial charge in [0.2, 0.25) is 5.91 Å².